The Balaban J connectivity index is 1.62. The Bertz CT molecular complexity index is 1140. The monoisotopic (exact) mass is 462 g/mol. The number of amides is 2. The van der Waals surface area contributed by atoms with Gasteiger partial charge in [0.15, 0.2) is 0 Å². The average Bonchev–Trinajstić information content (AvgIpc) is 3.31. The number of benzene rings is 2. The third-order valence-corrected chi connectivity index (χ3v) is 7.18. The van der Waals surface area contributed by atoms with Crippen LogP contribution in [0.5, 0.6) is 5.75 Å². The van der Waals surface area contributed by atoms with Crippen LogP contribution in [0.3, 0.4) is 0 Å². The highest BCUT2D eigenvalue weighted by Crippen LogP contribution is 2.38. The summed E-state index contributed by atoms with van der Waals surface area (Å²) in [5.41, 5.74) is 4.00. The van der Waals surface area contributed by atoms with Crippen LogP contribution in [0.25, 0.3) is 0 Å². The molecule has 0 aliphatic carbocycles. The summed E-state index contributed by atoms with van der Waals surface area (Å²) in [6, 6.07) is 17.4. The van der Waals surface area contributed by atoms with Crippen molar-refractivity contribution in [3.63, 3.8) is 0 Å². The maximum Gasteiger partial charge on any atom is 0.254 e. The summed E-state index contributed by atoms with van der Waals surface area (Å²) in [5.74, 6) is 0.413. The molecule has 2 aromatic carbocycles. The summed E-state index contributed by atoms with van der Waals surface area (Å²) in [6.45, 7) is 6.62. The fraction of sp³-hybridized carbons (Fsp3) is 0.333. The van der Waals surface area contributed by atoms with Gasteiger partial charge in [0.05, 0.1) is 13.2 Å². The average molecular weight is 463 g/mol. The summed E-state index contributed by atoms with van der Waals surface area (Å²) in [4.78, 5) is 31.9. The molecule has 2 amide bonds. The number of hydrogen-bond acceptors (Lipinski definition) is 4. The molecule has 0 saturated heterocycles. The molecule has 3 aromatic rings. The van der Waals surface area contributed by atoms with E-state index < -0.39 is 0 Å². The first kappa shape index (κ1) is 23.1. The normalized spacial score (nSPS) is 15.3. The van der Waals surface area contributed by atoms with Crippen LogP contribution >= 0.6 is 11.3 Å². The van der Waals surface area contributed by atoms with E-state index in [4.69, 9.17) is 4.74 Å². The van der Waals surface area contributed by atoms with Gasteiger partial charge in [0.1, 0.15) is 12.3 Å². The van der Waals surface area contributed by atoms with Crippen LogP contribution in [-0.2, 0) is 11.2 Å². The topological polar surface area (TPSA) is 49.9 Å². The lowest BCUT2D eigenvalue weighted by Gasteiger charge is -2.38. The van der Waals surface area contributed by atoms with Crippen LogP contribution in [0.2, 0.25) is 0 Å². The SMILES string of the molecule is COc1cccc(C(=O)N(CC(=O)N2CCc3sccc3[C@H]2c2ccc(C)cc2)C(C)C)c1. The van der Waals surface area contributed by atoms with E-state index in [-0.39, 0.29) is 30.4 Å². The van der Waals surface area contributed by atoms with Crippen molar-refractivity contribution in [2.24, 2.45) is 0 Å². The van der Waals surface area contributed by atoms with Crippen LogP contribution in [0.1, 0.15) is 51.8 Å². The molecule has 172 valence electrons. The van der Waals surface area contributed by atoms with Gasteiger partial charge in [-0.15, -0.1) is 11.3 Å². The fourth-order valence-corrected chi connectivity index (χ4v) is 5.24. The zero-order chi connectivity index (χ0) is 23.5. The second-order valence-corrected chi connectivity index (χ2v) is 9.71. The number of carbonyl (C=O) groups excluding carboxylic acids is 2. The summed E-state index contributed by atoms with van der Waals surface area (Å²) in [5, 5.41) is 2.10. The van der Waals surface area contributed by atoms with E-state index >= 15 is 0 Å². The molecular weight excluding hydrogens is 432 g/mol. The van der Waals surface area contributed by atoms with Gasteiger partial charge in [0.25, 0.3) is 5.91 Å². The number of nitrogens with zero attached hydrogens (tertiary/aromatic N) is 2. The number of fused-ring (bicyclic) bond motifs is 1. The Morgan fingerprint density at radius 2 is 1.91 bits per heavy atom. The minimum Gasteiger partial charge on any atom is -0.497 e. The third-order valence-electron chi connectivity index (χ3n) is 6.19. The number of aryl methyl sites for hydroxylation is 1. The quantitative estimate of drug-likeness (QED) is 0.513. The Morgan fingerprint density at radius 3 is 2.61 bits per heavy atom. The van der Waals surface area contributed by atoms with Crippen LogP contribution in [0.15, 0.2) is 60.0 Å². The molecule has 1 atom stereocenters. The largest absolute Gasteiger partial charge is 0.497 e. The van der Waals surface area contributed by atoms with Crippen LogP contribution in [-0.4, -0.2) is 47.9 Å². The molecule has 0 bridgehead atoms. The van der Waals surface area contributed by atoms with E-state index in [9.17, 15) is 9.59 Å². The van der Waals surface area contributed by atoms with Crippen LogP contribution in [0, 0.1) is 6.92 Å². The molecule has 5 nitrogen and oxygen atoms in total. The van der Waals surface area contributed by atoms with Crippen molar-refractivity contribution in [1.82, 2.24) is 9.80 Å². The van der Waals surface area contributed by atoms with Gasteiger partial charge < -0.3 is 14.5 Å². The van der Waals surface area contributed by atoms with Crippen molar-refractivity contribution < 1.29 is 14.3 Å². The van der Waals surface area contributed by atoms with Gasteiger partial charge in [-0.2, -0.15) is 0 Å². The van der Waals surface area contributed by atoms with E-state index in [1.807, 2.05) is 18.7 Å². The maximum absolute atomic E-state index is 13.7. The van der Waals surface area contributed by atoms with Gasteiger partial charge in [-0.05, 0) is 68.0 Å². The molecule has 2 heterocycles. The maximum atomic E-state index is 13.7. The molecule has 0 N–H and O–H groups in total. The van der Waals surface area contributed by atoms with Gasteiger partial charge in [-0.3, -0.25) is 9.59 Å². The predicted octanol–water partition coefficient (Wildman–Crippen LogP) is 5.09. The Morgan fingerprint density at radius 1 is 1.15 bits per heavy atom. The Labute approximate surface area is 199 Å². The van der Waals surface area contributed by atoms with Gasteiger partial charge in [0, 0.05) is 23.0 Å². The summed E-state index contributed by atoms with van der Waals surface area (Å²) >= 11 is 1.75. The molecule has 33 heavy (non-hydrogen) atoms. The highest BCUT2D eigenvalue weighted by Gasteiger charge is 2.34. The van der Waals surface area contributed by atoms with E-state index in [1.165, 1.54) is 16.0 Å². The van der Waals surface area contributed by atoms with Crippen molar-refractivity contribution >= 4 is 23.2 Å². The van der Waals surface area contributed by atoms with E-state index in [0.717, 1.165) is 12.0 Å². The van der Waals surface area contributed by atoms with Crippen molar-refractivity contribution in [2.75, 3.05) is 20.2 Å². The zero-order valence-electron chi connectivity index (χ0n) is 19.6. The third kappa shape index (κ3) is 4.81. The molecule has 1 aliphatic rings. The molecule has 0 saturated carbocycles. The van der Waals surface area contributed by atoms with Gasteiger partial charge in [-0.25, -0.2) is 0 Å². The van der Waals surface area contributed by atoms with Gasteiger partial charge in [0.2, 0.25) is 5.91 Å². The molecule has 0 spiro atoms. The van der Waals surface area contributed by atoms with E-state index in [0.29, 0.717) is 17.9 Å². The highest BCUT2D eigenvalue weighted by atomic mass is 32.1. The number of ether oxygens (including phenoxy) is 1. The first-order chi connectivity index (χ1) is 15.9. The number of methoxy groups -OCH3 is 1. The number of carbonyl (C=O) groups is 2. The highest BCUT2D eigenvalue weighted by molar-refractivity contribution is 7.10. The lowest BCUT2D eigenvalue weighted by atomic mass is 9.92. The van der Waals surface area contributed by atoms with Crippen molar-refractivity contribution in [3.05, 3.63) is 87.1 Å². The molecular formula is C27H30N2O3S. The fourth-order valence-electron chi connectivity index (χ4n) is 4.34. The van der Waals surface area contributed by atoms with Gasteiger partial charge in [-0.1, -0.05) is 35.9 Å². The lowest BCUT2D eigenvalue weighted by Crippen LogP contribution is -2.48. The van der Waals surface area contributed by atoms with Crippen molar-refractivity contribution in [1.29, 1.82) is 0 Å². The van der Waals surface area contributed by atoms with Crippen molar-refractivity contribution in [2.45, 2.75) is 39.3 Å². The summed E-state index contributed by atoms with van der Waals surface area (Å²) < 4.78 is 5.27. The van der Waals surface area contributed by atoms with E-state index in [2.05, 4.69) is 42.6 Å². The van der Waals surface area contributed by atoms with Crippen LogP contribution in [0.4, 0.5) is 0 Å². The molecule has 0 fully saturated rings. The first-order valence-corrected chi connectivity index (χ1v) is 12.1. The predicted molar refractivity (Wildman–Crippen MR) is 132 cm³/mol. The molecule has 0 unspecified atom stereocenters. The van der Waals surface area contributed by atoms with Crippen molar-refractivity contribution in [3.8, 4) is 5.75 Å². The molecule has 4 rings (SSSR count). The number of rotatable bonds is 6. The minimum absolute atomic E-state index is 0.0372. The summed E-state index contributed by atoms with van der Waals surface area (Å²) in [6.07, 6.45) is 0.840. The number of hydrogen-bond donors (Lipinski definition) is 0. The number of thiophene rings is 1. The Hall–Kier alpha value is -3.12. The standard InChI is InChI=1S/C27H30N2O3S/c1-18(2)29(27(31)21-6-5-7-22(16-21)32-4)17-25(30)28-14-12-24-23(13-15-33-24)26(28)20-10-8-19(3)9-11-20/h5-11,13,15-16,18,26H,12,14,17H2,1-4H3/t26-/m1/s1. The molecule has 6 heteroatoms. The molecule has 1 aromatic heterocycles. The second kappa shape index (κ2) is 9.79. The molecule has 0 radical (unpaired) electrons. The molecule has 1 aliphatic heterocycles. The second-order valence-electron chi connectivity index (χ2n) is 8.71. The summed E-state index contributed by atoms with van der Waals surface area (Å²) in [7, 11) is 1.58. The Kier molecular flexibility index (Phi) is 6.84. The lowest BCUT2D eigenvalue weighted by molar-refractivity contribution is -0.134. The smallest absolute Gasteiger partial charge is 0.254 e. The van der Waals surface area contributed by atoms with Crippen LogP contribution < -0.4 is 4.74 Å². The van der Waals surface area contributed by atoms with E-state index in [1.54, 1.807) is 47.6 Å². The van der Waals surface area contributed by atoms with Gasteiger partial charge >= 0.3 is 0 Å². The first-order valence-electron chi connectivity index (χ1n) is 11.3. The zero-order valence-corrected chi connectivity index (χ0v) is 20.4. The minimum atomic E-state index is -0.169.